The van der Waals surface area contributed by atoms with Gasteiger partial charge in [0.2, 0.25) is 11.8 Å². The Labute approximate surface area is 130 Å². The van der Waals surface area contributed by atoms with Crippen LogP contribution >= 0.6 is 11.3 Å². The number of carbonyl (C=O) groups excluding carboxylic acids is 2. The maximum Gasteiger partial charge on any atom is 0.264 e. The minimum Gasteiger partial charge on any atom is -0.477 e. The first-order valence-corrected chi connectivity index (χ1v) is 7.70. The molecule has 0 atom stereocenters. The molecule has 2 aromatic rings. The lowest BCUT2D eigenvalue weighted by Gasteiger charge is -2.15. The minimum atomic E-state index is -0.316. The van der Waals surface area contributed by atoms with E-state index in [0.29, 0.717) is 28.9 Å². The lowest BCUT2D eigenvalue weighted by atomic mass is 10.3. The van der Waals surface area contributed by atoms with Crippen LogP contribution in [0.5, 0.6) is 5.88 Å². The zero-order valence-corrected chi connectivity index (χ0v) is 12.8. The average Bonchev–Trinajstić information content (AvgIpc) is 3.13. The molecule has 9 heteroatoms. The molecule has 0 radical (unpaired) electrons. The van der Waals surface area contributed by atoms with Crippen molar-refractivity contribution in [3.8, 4) is 5.88 Å². The van der Waals surface area contributed by atoms with E-state index in [1.807, 2.05) is 0 Å². The molecular formula is C13H15N5O3S. The third-order valence-electron chi connectivity index (χ3n) is 3.18. The number of rotatable bonds is 4. The van der Waals surface area contributed by atoms with Crippen LogP contribution in [0.3, 0.4) is 0 Å². The lowest BCUT2D eigenvalue weighted by molar-refractivity contribution is -0.120. The van der Waals surface area contributed by atoms with Crippen molar-refractivity contribution in [2.24, 2.45) is 0 Å². The van der Waals surface area contributed by atoms with Gasteiger partial charge in [0.1, 0.15) is 5.56 Å². The molecule has 0 unspecified atom stereocenters. The second-order valence-electron chi connectivity index (χ2n) is 4.74. The molecule has 2 amide bonds. The second-order valence-corrected chi connectivity index (χ2v) is 5.59. The van der Waals surface area contributed by atoms with Gasteiger partial charge in [-0.25, -0.2) is 9.67 Å². The lowest BCUT2D eigenvalue weighted by Crippen LogP contribution is -2.20. The molecular weight excluding hydrogens is 306 g/mol. The van der Waals surface area contributed by atoms with Crippen LogP contribution in [0.15, 0.2) is 11.6 Å². The Hall–Kier alpha value is -2.42. The third-order valence-corrected chi connectivity index (χ3v) is 3.99. The van der Waals surface area contributed by atoms with Crippen molar-refractivity contribution < 1.29 is 14.3 Å². The molecule has 0 saturated heterocycles. The molecule has 0 saturated carbocycles. The van der Waals surface area contributed by atoms with Crippen LogP contribution in [0.1, 0.15) is 22.5 Å². The topological polar surface area (TPSA) is 98.1 Å². The summed E-state index contributed by atoms with van der Waals surface area (Å²) in [6.07, 6.45) is 2.56. The van der Waals surface area contributed by atoms with Crippen molar-refractivity contribution >= 4 is 28.3 Å². The number of nitrogens with zero attached hydrogens (tertiary/aromatic N) is 3. The number of anilines is 1. The van der Waals surface area contributed by atoms with Crippen molar-refractivity contribution in [1.29, 1.82) is 0 Å². The summed E-state index contributed by atoms with van der Waals surface area (Å²) in [6.45, 7) is 1.33. The Morgan fingerprint density at radius 3 is 3.18 bits per heavy atom. The van der Waals surface area contributed by atoms with Crippen molar-refractivity contribution in [3.63, 3.8) is 0 Å². The summed E-state index contributed by atoms with van der Waals surface area (Å²) in [5, 5.41) is 11.6. The number of hydrogen-bond donors (Lipinski definition) is 2. The molecule has 0 fully saturated rings. The van der Waals surface area contributed by atoms with Crippen LogP contribution in [-0.4, -0.2) is 40.2 Å². The highest BCUT2D eigenvalue weighted by Gasteiger charge is 2.22. The van der Waals surface area contributed by atoms with Crippen molar-refractivity contribution in [2.75, 3.05) is 19.0 Å². The third kappa shape index (κ3) is 2.93. The largest absolute Gasteiger partial charge is 0.477 e. The molecule has 3 rings (SSSR count). The normalized spacial score (nSPS) is 13.1. The van der Waals surface area contributed by atoms with E-state index in [0.717, 1.165) is 13.0 Å². The minimum absolute atomic E-state index is 0.123. The van der Waals surface area contributed by atoms with Crippen LogP contribution in [0.4, 0.5) is 5.13 Å². The van der Waals surface area contributed by atoms with Gasteiger partial charge in [0, 0.05) is 25.4 Å². The predicted molar refractivity (Wildman–Crippen MR) is 80.2 cm³/mol. The molecule has 3 heterocycles. The van der Waals surface area contributed by atoms with Crippen LogP contribution < -0.4 is 15.4 Å². The summed E-state index contributed by atoms with van der Waals surface area (Å²) in [4.78, 5) is 27.8. The summed E-state index contributed by atoms with van der Waals surface area (Å²) < 4.78 is 7.17. The Bertz CT molecular complexity index is 708. The monoisotopic (exact) mass is 321 g/mol. The number of aryl methyl sites for hydroxylation is 1. The summed E-state index contributed by atoms with van der Waals surface area (Å²) in [5.74, 6) is 0.0529. The standard InChI is InChI=1S/C13H15N5O3S/c1-14-10(19)5-8-7-22-13(16-8)17-11(20)9-6-15-18-3-2-4-21-12(9)18/h6-7H,2-5H2,1H3,(H,14,19)(H,16,17,20). The Morgan fingerprint density at radius 1 is 1.50 bits per heavy atom. The predicted octanol–water partition coefficient (Wildman–Crippen LogP) is 0.663. The number of nitrogens with one attached hydrogen (secondary N) is 2. The van der Waals surface area contributed by atoms with Gasteiger partial charge in [0.05, 0.1) is 24.9 Å². The summed E-state index contributed by atoms with van der Waals surface area (Å²) in [5.41, 5.74) is 1.01. The number of carbonyl (C=O) groups is 2. The van der Waals surface area contributed by atoms with Gasteiger partial charge in [-0.3, -0.25) is 14.9 Å². The molecule has 2 N–H and O–H groups in total. The quantitative estimate of drug-likeness (QED) is 0.862. The van der Waals surface area contributed by atoms with Crippen molar-refractivity contribution in [2.45, 2.75) is 19.4 Å². The molecule has 116 valence electrons. The first-order valence-electron chi connectivity index (χ1n) is 6.82. The highest BCUT2D eigenvalue weighted by molar-refractivity contribution is 7.14. The van der Waals surface area contributed by atoms with E-state index in [2.05, 4.69) is 20.7 Å². The summed E-state index contributed by atoms with van der Waals surface area (Å²) in [7, 11) is 1.57. The zero-order chi connectivity index (χ0) is 15.5. The number of aromatic nitrogens is 3. The number of hydrogen-bond acceptors (Lipinski definition) is 6. The van der Waals surface area contributed by atoms with Crippen LogP contribution in [0.25, 0.3) is 0 Å². The molecule has 1 aliphatic rings. The van der Waals surface area contributed by atoms with E-state index in [4.69, 9.17) is 4.74 Å². The number of likely N-dealkylation sites (N-methyl/N-ethyl adjacent to an activating group) is 1. The van der Waals surface area contributed by atoms with Crippen LogP contribution in [0.2, 0.25) is 0 Å². The van der Waals surface area contributed by atoms with Gasteiger partial charge in [-0.1, -0.05) is 0 Å². The molecule has 8 nitrogen and oxygen atoms in total. The van der Waals surface area contributed by atoms with Gasteiger partial charge in [-0.2, -0.15) is 5.10 Å². The van der Waals surface area contributed by atoms with E-state index >= 15 is 0 Å². The number of fused-ring (bicyclic) bond motifs is 1. The van der Waals surface area contributed by atoms with E-state index in [1.54, 1.807) is 17.1 Å². The van der Waals surface area contributed by atoms with Gasteiger partial charge in [-0.15, -0.1) is 11.3 Å². The smallest absolute Gasteiger partial charge is 0.264 e. The molecule has 0 aliphatic carbocycles. The van der Waals surface area contributed by atoms with E-state index in [-0.39, 0.29) is 18.2 Å². The van der Waals surface area contributed by atoms with E-state index in [9.17, 15) is 9.59 Å². The van der Waals surface area contributed by atoms with Gasteiger partial charge in [0.25, 0.3) is 5.91 Å². The van der Waals surface area contributed by atoms with E-state index in [1.165, 1.54) is 17.5 Å². The Morgan fingerprint density at radius 2 is 2.36 bits per heavy atom. The Balaban J connectivity index is 1.69. The second kappa shape index (κ2) is 6.14. The Kier molecular flexibility index (Phi) is 4.05. The van der Waals surface area contributed by atoms with Crippen molar-refractivity contribution in [3.05, 3.63) is 22.8 Å². The summed E-state index contributed by atoms with van der Waals surface area (Å²) in [6, 6.07) is 0. The fourth-order valence-corrected chi connectivity index (χ4v) is 2.79. The zero-order valence-electron chi connectivity index (χ0n) is 12.0. The summed E-state index contributed by atoms with van der Waals surface area (Å²) >= 11 is 1.27. The first-order chi connectivity index (χ1) is 10.7. The maximum absolute atomic E-state index is 12.3. The molecule has 1 aliphatic heterocycles. The van der Waals surface area contributed by atoms with Crippen LogP contribution in [0, 0.1) is 0 Å². The highest BCUT2D eigenvalue weighted by Crippen LogP contribution is 2.24. The van der Waals surface area contributed by atoms with Gasteiger partial charge < -0.3 is 10.1 Å². The molecule has 22 heavy (non-hydrogen) atoms. The van der Waals surface area contributed by atoms with Gasteiger partial charge >= 0.3 is 0 Å². The highest BCUT2D eigenvalue weighted by atomic mass is 32.1. The first kappa shape index (κ1) is 14.5. The molecule has 0 spiro atoms. The molecule has 0 bridgehead atoms. The number of ether oxygens (including phenoxy) is 1. The van der Waals surface area contributed by atoms with Gasteiger partial charge in [-0.05, 0) is 0 Å². The van der Waals surface area contributed by atoms with E-state index < -0.39 is 0 Å². The van der Waals surface area contributed by atoms with Gasteiger partial charge in [0.15, 0.2) is 5.13 Å². The maximum atomic E-state index is 12.3. The van der Waals surface area contributed by atoms with Crippen LogP contribution in [-0.2, 0) is 17.8 Å². The SMILES string of the molecule is CNC(=O)Cc1csc(NC(=O)c2cnn3c2OCCC3)n1. The fraction of sp³-hybridized carbons (Fsp3) is 0.385. The number of amides is 2. The molecule has 2 aromatic heterocycles. The van der Waals surface area contributed by atoms with Crippen molar-refractivity contribution in [1.82, 2.24) is 20.1 Å². The molecule has 0 aromatic carbocycles. The average molecular weight is 321 g/mol. The fourth-order valence-electron chi connectivity index (χ4n) is 2.09. The number of thiazole rings is 1.